The number of rotatable bonds is 84. The van der Waals surface area contributed by atoms with Crippen molar-refractivity contribution >= 4 is 39.5 Å². The Morgan fingerprint density at radius 1 is 0.262 bits per heavy atom. The predicted octanol–water partition coefficient (Wildman–Crippen LogP) is 25.6. The summed E-state index contributed by atoms with van der Waals surface area (Å²) in [5, 5.41) is 10.7. The van der Waals surface area contributed by atoms with Gasteiger partial charge in [-0.25, -0.2) is 9.13 Å². The molecule has 612 valence electrons. The lowest BCUT2D eigenvalue weighted by molar-refractivity contribution is -0.161. The van der Waals surface area contributed by atoms with Gasteiger partial charge in [0.2, 0.25) is 0 Å². The van der Waals surface area contributed by atoms with Gasteiger partial charge in [-0.2, -0.15) is 0 Å². The molecule has 5 atom stereocenters. The molecule has 0 saturated carbocycles. The van der Waals surface area contributed by atoms with Gasteiger partial charge >= 0.3 is 39.5 Å². The van der Waals surface area contributed by atoms with Crippen LogP contribution in [0.25, 0.3) is 0 Å². The zero-order valence-corrected chi connectivity index (χ0v) is 69.3. The van der Waals surface area contributed by atoms with Crippen LogP contribution in [0.1, 0.15) is 452 Å². The summed E-state index contributed by atoms with van der Waals surface area (Å²) < 4.78 is 68.8. The minimum atomic E-state index is -4.96. The zero-order valence-electron chi connectivity index (χ0n) is 67.5. The molecule has 2 unspecified atom stereocenters. The maximum absolute atomic E-state index is 13.1. The first-order chi connectivity index (χ1) is 50.0. The van der Waals surface area contributed by atoms with Crippen LogP contribution in [0.5, 0.6) is 0 Å². The first-order valence-corrected chi connectivity index (χ1v) is 46.6. The normalized spacial score (nSPS) is 13.8. The molecular weight excluding hydrogens is 1340 g/mol. The second-order valence-corrected chi connectivity index (χ2v) is 33.6. The maximum atomic E-state index is 13.1. The summed E-state index contributed by atoms with van der Waals surface area (Å²) in [4.78, 5) is 73.1. The van der Waals surface area contributed by atoms with Crippen LogP contribution in [-0.2, 0) is 65.4 Å². The molecular formula is C84H164O17P2. The Bertz CT molecular complexity index is 1960. The number of hydrogen-bond acceptors (Lipinski definition) is 15. The minimum Gasteiger partial charge on any atom is -0.462 e. The van der Waals surface area contributed by atoms with Crippen molar-refractivity contribution in [1.29, 1.82) is 0 Å². The Morgan fingerprint density at radius 3 is 0.660 bits per heavy atom. The van der Waals surface area contributed by atoms with Gasteiger partial charge in [0.1, 0.15) is 19.3 Å². The van der Waals surface area contributed by atoms with Crippen molar-refractivity contribution in [3.8, 4) is 0 Å². The van der Waals surface area contributed by atoms with Gasteiger partial charge in [0, 0.05) is 25.7 Å². The average Bonchev–Trinajstić information content (AvgIpc) is 0.936. The van der Waals surface area contributed by atoms with Crippen LogP contribution in [-0.4, -0.2) is 96.7 Å². The fourth-order valence-electron chi connectivity index (χ4n) is 13.1. The topological polar surface area (TPSA) is 237 Å². The summed E-state index contributed by atoms with van der Waals surface area (Å²) in [6.07, 6.45) is 69.6. The lowest BCUT2D eigenvalue weighted by Gasteiger charge is -2.21. The van der Waals surface area contributed by atoms with Crippen LogP contribution in [0.3, 0.4) is 0 Å². The van der Waals surface area contributed by atoms with Gasteiger partial charge in [-0.05, 0) is 31.6 Å². The Morgan fingerprint density at radius 2 is 0.447 bits per heavy atom. The van der Waals surface area contributed by atoms with Gasteiger partial charge < -0.3 is 33.8 Å². The van der Waals surface area contributed by atoms with Gasteiger partial charge in [0.15, 0.2) is 12.2 Å². The molecule has 0 aliphatic rings. The Balaban J connectivity index is 5.21. The Hall–Kier alpha value is -1.94. The standard InChI is InChI=1S/C84H164O17P2/c1-6-9-12-15-18-21-24-27-29-31-33-34-36-38-40-43-46-49-54-60-65-70-84(89)100-79(73-94-81(86)67-62-57-52-47-44-42-39-37-35-32-30-28-25-22-19-16-13-10-7-2)75-98-102(90,91)96-71-78(85)72-97-103(92,93)99-76-80(74-95-82(87)68-63-58-55-50-51-56-61-66-77(4)5)101-83(88)69-64-59-53-48-45-41-26-23-20-17-14-11-8-3/h77-80,85H,6-76H2,1-5H3,(H,90,91)(H,92,93)/t78-,79-,80-/m1/s1. The van der Waals surface area contributed by atoms with Crippen molar-refractivity contribution in [2.75, 3.05) is 39.6 Å². The molecule has 0 aromatic carbocycles. The highest BCUT2D eigenvalue weighted by atomic mass is 31.2. The first-order valence-electron chi connectivity index (χ1n) is 43.6. The second-order valence-electron chi connectivity index (χ2n) is 30.7. The first kappa shape index (κ1) is 101. The van der Waals surface area contributed by atoms with E-state index >= 15 is 0 Å². The number of carbonyl (C=O) groups is 4. The number of hydrogen-bond donors (Lipinski definition) is 3. The third kappa shape index (κ3) is 78.0. The van der Waals surface area contributed by atoms with Gasteiger partial charge in [0.05, 0.1) is 26.4 Å². The van der Waals surface area contributed by atoms with Crippen molar-refractivity contribution in [3.63, 3.8) is 0 Å². The smallest absolute Gasteiger partial charge is 0.462 e. The number of aliphatic hydroxyl groups excluding tert-OH is 1. The highest BCUT2D eigenvalue weighted by Crippen LogP contribution is 2.45. The van der Waals surface area contributed by atoms with E-state index in [-0.39, 0.29) is 25.7 Å². The summed E-state index contributed by atoms with van der Waals surface area (Å²) in [7, 11) is -9.92. The van der Waals surface area contributed by atoms with E-state index in [1.54, 1.807) is 0 Å². The molecule has 0 amide bonds. The zero-order chi connectivity index (χ0) is 75.5. The fourth-order valence-corrected chi connectivity index (χ4v) is 14.7. The molecule has 0 fully saturated rings. The Kier molecular flexibility index (Phi) is 75.4. The van der Waals surface area contributed by atoms with E-state index in [0.717, 1.165) is 96.3 Å². The third-order valence-corrected chi connectivity index (χ3v) is 21.7. The highest BCUT2D eigenvalue weighted by molar-refractivity contribution is 7.47. The summed E-state index contributed by atoms with van der Waals surface area (Å²) in [5.41, 5.74) is 0. The molecule has 0 aliphatic carbocycles. The summed E-state index contributed by atoms with van der Waals surface area (Å²) >= 11 is 0. The fraction of sp³-hybridized carbons (Fsp3) is 0.952. The number of aliphatic hydroxyl groups is 1. The van der Waals surface area contributed by atoms with Gasteiger partial charge in [-0.1, -0.05) is 401 Å². The van der Waals surface area contributed by atoms with Gasteiger partial charge in [0.25, 0.3) is 0 Å². The molecule has 3 N–H and O–H groups in total. The Labute approximate surface area is 632 Å². The van der Waals surface area contributed by atoms with Crippen LogP contribution in [0.2, 0.25) is 0 Å². The average molecular weight is 1510 g/mol. The second kappa shape index (κ2) is 76.8. The number of esters is 4. The van der Waals surface area contributed by atoms with Crippen LogP contribution in [0.15, 0.2) is 0 Å². The van der Waals surface area contributed by atoms with Crippen LogP contribution in [0.4, 0.5) is 0 Å². The molecule has 0 saturated heterocycles. The molecule has 0 rings (SSSR count). The molecule has 19 heteroatoms. The van der Waals surface area contributed by atoms with E-state index in [9.17, 15) is 43.2 Å². The largest absolute Gasteiger partial charge is 0.472 e. The molecule has 0 aromatic heterocycles. The van der Waals surface area contributed by atoms with Crippen molar-refractivity contribution in [3.05, 3.63) is 0 Å². The highest BCUT2D eigenvalue weighted by Gasteiger charge is 2.30. The molecule has 0 spiro atoms. The van der Waals surface area contributed by atoms with Crippen LogP contribution < -0.4 is 0 Å². The van der Waals surface area contributed by atoms with Crippen LogP contribution in [0, 0.1) is 5.92 Å². The monoisotopic (exact) mass is 1510 g/mol. The van der Waals surface area contributed by atoms with Gasteiger partial charge in [-0.15, -0.1) is 0 Å². The number of carbonyl (C=O) groups excluding carboxylic acids is 4. The maximum Gasteiger partial charge on any atom is 0.472 e. The van der Waals surface area contributed by atoms with E-state index in [4.69, 9.17) is 37.0 Å². The molecule has 0 bridgehead atoms. The quantitative estimate of drug-likeness (QED) is 0.0222. The molecule has 0 aromatic rings. The molecule has 103 heavy (non-hydrogen) atoms. The van der Waals surface area contributed by atoms with Crippen molar-refractivity contribution in [1.82, 2.24) is 0 Å². The van der Waals surface area contributed by atoms with E-state index in [1.165, 1.54) is 270 Å². The summed E-state index contributed by atoms with van der Waals surface area (Å²) in [6, 6.07) is 0. The number of phosphoric ester groups is 2. The number of phosphoric acid groups is 2. The molecule has 17 nitrogen and oxygen atoms in total. The molecule has 0 heterocycles. The minimum absolute atomic E-state index is 0.107. The predicted molar refractivity (Wildman–Crippen MR) is 423 cm³/mol. The number of unbranched alkanes of at least 4 members (excludes halogenated alkanes) is 56. The molecule has 0 radical (unpaired) electrons. The molecule has 0 aliphatic heterocycles. The SMILES string of the molecule is CCCCCCCCCCCCCCCCCCCCCCCC(=O)O[C@H](COC(=O)CCCCCCCCCCCCCCCCCCCCC)COP(=O)(O)OC[C@@H](O)COP(=O)(O)OC[C@@H](COC(=O)CCCCCCCCCC(C)C)OC(=O)CCCCCCCCCCCCCCC. The van der Waals surface area contributed by atoms with Crippen molar-refractivity contribution in [2.45, 2.75) is 470 Å². The van der Waals surface area contributed by atoms with Crippen molar-refractivity contribution in [2.24, 2.45) is 5.92 Å². The van der Waals surface area contributed by atoms with Crippen LogP contribution >= 0.6 is 15.6 Å². The summed E-state index contributed by atoms with van der Waals surface area (Å²) in [5.74, 6) is -1.40. The number of ether oxygens (including phenoxy) is 4. The van der Waals surface area contributed by atoms with E-state index in [0.29, 0.717) is 31.6 Å². The summed E-state index contributed by atoms with van der Waals surface area (Å²) in [6.45, 7) is 7.29. The van der Waals surface area contributed by atoms with Crippen molar-refractivity contribution < 1.29 is 80.2 Å². The lowest BCUT2D eigenvalue weighted by Crippen LogP contribution is -2.30. The van der Waals surface area contributed by atoms with E-state index < -0.39 is 97.5 Å². The van der Waals surface area contributed by atoms with E-state index in [1.807, 2.05) is 0 Å². The third-order valence-electron chi connectivity index (χ3n) is 19.8. The lowest BCUT2D eigenvalue weighted by atomic mass is 10.0. The van der Waals surface area contributed by atoms with E-state index in [2.05, 4.69) is 34.6 Å². The van der Waals surface area contributed by atoms with Gasteiger partial charge in [-0.3, -0.25) is 37.3 Å².